The van der Waals surface area contributed by atoms with Crippen LogP contribution in [0.2, 0.25) is 0 Å². The summed E-state index contributed by atoms with van der Waals surface area (Å²) in [6.45, 7) is 3.93. The van der Waals surface area contributed by atoms with Gasteiger partial charge in [-0.3, -0.25) is 0 Å². The molecule has 0 unspecified atom stereocenters. The van der Waals surface area contributed by atoms with Crippen molar-refractivity contribution in [1.82, 2.24) is 9.55 Å². The highest BCUT2D eigenvalue weighted by molar-refractivity contribution is 5.90. The lowest BCUT2D eigenvalue weighted by atomic mass is 10.0. The molecule has 110 valence electrons. The molecular formula is C18H16N2O2. The molecule has 0 aliphatic heterocycles. The number of aromatic carboxylic acids is 1. The summed E-state index contributed by atoms with van der Waals surface area (Å²) in [5.41, 5.74) is 4.98. The predicted molar refractivity (Wildman–Crippen MR) is 85.4 cm³/mol. The van der Waals surface area contributed by atoms with Gasteiger partial charge < -0.3 is 9.67 Å². The van der Waals surface area contributed by atoms with Crippen LogP contribution in [-0.4, -0.2) is 20.6 Å². The Balaban J connectivity index is 2.15. The minimum atomic E-state index is -0.938. The van der Waals surface area contributed by atoms with Gasteiger partial charge in [0.1, 0.15) is 0 Å². The van der Waals surface area contributed by atoms with Gasteiger partial charge >= 0.3 is 5.97 Å². The second kappa shape index (κ2) is 5.48. The summed E-state index contributed by atoms with van der Waals surface area (Å²) in [5.74, 6) is -0.938. The molecule has 0 aliphatic rings. The van der Waals surface area contributed by atoms with Gasteiger partial charge in [-0.25, -0.2) is 9.78 Å². The van der Waals surface area contributed by atoms with Crippen LogP contribution in [0.1, 0.15) is 21.6 Å². The number of hydrogen-bond donors (Lipinski definition) is 1. The molecule has 0 aliphatic carbocycles. The van der Waals surface area contributed by atoms with Crippen LogP contribution in [0.3, 0.4) is 0 Å². The van der Waals surface area contributed by atoms with Crippen molar-refractivity contribution in [3.05, 3.63) is 71.8 Å². The van der Waals surface area contributed by atoms with E-state index in [1.165, 1.54) is 5.56 Å². The highest BCUT2D eigenvalue weighted by Gasteiger charge is 2.10. The third-order valence-corrected chi connectivity index (χ3v) is 3.56. The lowest BCUT2D eigenvalue weighted by Gasteiger charge is -2.09. The number of carboxylic acid groups (broad SMARTS) is 1. The molecule has 1 aromatic heterocycles. The van der Waals surface area contributed by atoms with Crippen molar-refractivity contribution in [3.63, 3.8) is 0 Å². The molecule has 4 nitrogen and oxygen atoms in total. The summed E-state index contributed by atoms with van der Waals surface area (Å²) in [6, 6.07) is 13.4. The highest BCUT2D eigenvalue weighted by atomic mass is 16.4. The Morgan fingerprint density at radius 3 is 2.36 bits per heavy atom. The van der Waals surface area contributed by atoms with Gasteiger partial charge in [0.15, 0.2) is 0 Å². The first-order chi connectivity index (χ1) is 10.5. The van der Waals surface area contributed by atoms with E-state index in [2.05, 4.69) is 4.98 Å². The quantitative estimate of drug-likeness (QED) is 0.797. The standard InChI is InChI=1S/C18H16N2O2/c1-12-3-5-14(6-4-12)15-7-16(18(21)22)9-17(8-15)20-10-13(2)19-11-20/h3-11H,1-2H3,(H,21,22). The summed E-state index contributed by atoms with van der Waals surface area (Å²) in [4.78, 5) is 15.6. The number of benzene rings is 2. The summed E-state index contributed by atoms with van der Waals surface area (Å²) >= 11 is 0. The Hall–Kier alpha value is -2.88. The topological polar surface area (TPSA) is 55.1 Å². The highest BCUT2D eigenvalue weighted by Crippen LogP contribution is 2.25. The first kappa shape index (κ1) is 14.1. The Labute approximate surface area is 128 Å². The molecule has 0 saturated heterocycles. The van der Waals surface area contributed by atoms with E-state index in [4.69, 9.17) is 0 Å². The summed E-state index contributed by atoms with van der Waals surface area (Å²) in [7, 11) is 0. The van der Waals surface area contributed by atoms with Crippen LogP contribution in [0.15, 0.2) is 55.0 Å². The lowest BCUT2D eigenvalue weighted by Crippen LogP contribution is -2.00. The van der Waals surface area contributed by atoms with E-state index in [1.54, 1.807) is 18.5 Å². The van der Waals surface area contributed by atoms with Crippen LogP contribution in [0.5, 0.6) is 0 Å². The number of imidazole rings is 1. The van der Waals surface area contributed by atoms with Gasteiger partial charge in [-0.1, -0.05) is 29.8 Å². The SMILES string of the molecule is Cc1ccc(-c2cc(C(=O)O)cc(-n3cnc(C)c3)c2)cc1. The molecule has 22 heavy (non-hydrogen) atoms. The molecular weight excluding hydrogens is 276 g/mol. The van der Waals surface area contributed by atoms with Crippen LogP contribution in [0, 0.1) is 13.8 Å². The molecule has 1 heterocycles. The predicted octanol–water partition coefficient (Wildman–Crippen LogP) is 3.85. The number of rotatable bonds is 3. The molecule has 3 aromatic rings. The van der Waals surface area contributed by atoms with E-state index in [9.17, 15) is 9.90 Å². The maximum Gasteiger partial charge on any atom is 0.335 e. The van der Waals surface area contributed by atoms with Crippen molar-refractivity contribution in [1.29, 1.82) is 0 Å². The first-order valence-electron chi connectivity index (χ1n) is 6.99. The van der Waals surface area contributed by atoms with E-state index in [-0.39, 0.29) is 5.56 Å². The molecule has 1 N–H and O–H groups in total. The number of carbonyl (C=O) groups is 1. The molecule has 0 atom stereocenters. The number of aromatic nitrogens is 2. The van der Waals surface area contributed by atoms with Crippen LogP contribution >= 0.6 is 0 Å². The summed E-state index contributed by atoms with van der Waals surface area (Å²) < 4.78 is 1.83. The number of aryl methyl sites for hydroxylation is 2. The molecule has 0 saturated carbocycles. The fourth-order valence-electron chi connectivity index (χ4n) is 2.36. The van der Waals surface area contributed by atoms with Crippen molar-refractivity contribution >= 4 is 5.97 Å². The van der Waals surface area contributed by atoms with Crippen molar-refractivity contribution in [2.75, 3.05) is 0 Å². The average Bonchev–Trinajstić information content (AvgIpc) is 2.94. The van der Waals surface area contributed by atoms with Crippen LogP contribution in [0.25, 0.3) is 16.8 Å². The fourth-order valence-corrected chi connectivity index (χ4v) is 2.36. The Kier molecular flexibility index (Phi) is 3.51. The summed E-state index contributed by atoms with van der Waals surface area (Å²) in [6.07, 6.45) is 3.56. The van der Waals surface area contributed by atoms with E-state index in [0.29, 0.717) is 0 Å². The van der Waals surface area contributed by atoms with Gasteiger partial charge in [0, 0.05) is 11.9 Å². The number of carboxylic acids is 1. The van der Waals surface area contributed by atoms with Gasteiger partial charge in [0.2, 0.25) is 0 Å². The van der Waals surface area contributed by atoms with E-state index in [0.717, 1.165) is 22.5 Å². The molecule has 4 heteroatoms. The molecule has 2 aromatic carbocycles. The largest absolute Gasteiger partial charge is 0.478 e. The van der Waals surface area contributed by atoms with Crippen molar-refractivity contribution in [2.45, 2.75) is 13.8 Å². The normalized spacial score (nSPS) is 10.6. The third-order valence-electron chi connectivity index (χ3n) is 3.56. The number of hydrogen-bond acceptors (Lipinski definition) is 2. The average molecular weight is 292 g/mol. The second-order valence-corrected chi connectivity index (χ2v) is 5.36. The number of nitrogens with zero attached hydrogens (tertiary/aromatic N) is 2. The minimum Gasteiger partial charge on any atom is -0.478 e. The molecule has 0 radical (unpaired) electrons. The third kappa shape index (κ3) is 2.76. The van der Waals surface area contributed by atoms with Crippen molar-refractivity contribution in [3.8, 4) is 16.8 Å². The van der Waals surface area contributed by atoms with Crippen LogP contribution in [0.4, 0.5) is 0 Å². The smallest absolute Gasteiger partial charge is 0.335 e. The maximum absolute atomic E-state index is 11.4. The van der Waals surface area contributed by atoms with Crippen molar-refractivity contribution < 1.29 is 9.90 Å². The summed E-state index contributed by atoms with van der Waals surface area (Å²) in [5, 5.41) is 9.35. The monoisotopic (exact) mass is 292 g/mol. The van der Waals surface area contributed by atoms with Gasteiger partial charge in [0.25, 0.3) is 0 Å². The van der Waals surface area contributed by atoms with Gasteiger partial charge in [-0.05, 0) is 43.2 Å². The zero-order chi connectivity index (χ0) is 15.7. The first-order valence-corrected chi connectivity index (χ1v) is 6.99. The van der Waals surface area contributed by atoms with E-state index >= 15 is 0 Å². The molecule has 0 bridgehead atoms. The molecule has 0 fully saturated rings. The van der Waals surface area contributed by atoms with Gasteiger partial charge in [-0.15, -0.1) is 0 Å². The van der Waals surface area contributed by atoms with E-state index in [1.807, 2.05) is 54.9 Å². The zero-order valence-corrected chi connectivity index (χ0v) is 12.4. The van der Waals surface area contributed by atoms with E-state index < -0.39 is 5.97 Å². The fraction of sp³-hybridized carbons (Fsp3) is 0.111. The van der Waals surface area contributed by atoms with Crippen LogP contribution in [-0.2, 0) is 0 Å². The van der Waals surface area contributed by atoms with Gasteiger partial charge in [-0.2, -0.15) is 0 Å². The molecule has 0 amide bonds. The Bertz CT molecular complexity index is 833. The molecule has 3 rings (SSSR count). The van der Waals surface area contributed by atoms with Crippen LogP contribution < -0.4 is 0 Å². The van der Waals surface area contributed by atoms with Crippen molar-refractivity contribution in [2.24, 2.45) is 0 Å². The van der Waals surface area contributed by atoms with Gasteiger partial charge in [0.05, 0.1) is 17.6 Å². The second-order valence-electron chi connectivity index (χ2n) is 5.36. The lowest BCUT2D eigenvalue weighted by molar-refractivity contribution is 0.0697. The molecule has 0 spiro atoms. The zero-order valence-electron chi connectivity index (χ0n) is 12.4. The Morgan fingerprint density at radius 1 is 1.05 bits per heavy atom. The minimum absolute atomic E-state index is 0.263. The Morgan fingerprint density at radius 2 is 1.77 bits per heavy atom. The maximum atomic E-state index is 11.4.